The van der Waals surface area contributed by atoms with E-state index in [2.05, 4.69) is 50.6 Å². The molecule has 0 aliphatic heterocycles. The van der Waals surface area contributed by atoms with Crippen molar-refractivity contribution in [3.05, 3.63) is 58.1 Å². The van der Waals surface area contributed by atoms with E-state index in [-0.39, 0.29) is 16.9 Å². The first-order valence-corrected chi connectivity index (χ1v) is 11.7. The minimum absolute atomic E-state index is 0.127. The van der Waals surface area contributed by atoms with Crippen LogP contribution in [0.25, 0.3) is 0 Å². The van der Waals surface area contributed by atoms with Gasteiger partial charge in [0.15, 0.2) is 5.11 Å². The van der Waals surface area contributed by atoms with Crippen LogP contribution in [-0.4, -0.2) is 54.6 Å². The largest absolute Gasteiger partial charge is 0.493 e. The number of benzene rings is 2. The zero-order valence-corrected chi connectivity index (χ0v) is 20.9. The lowest BCUT2D eigenvalue weighted by Crippen LogP contribution is -2.35. The summed E-state index contributed by atoms with van der Waals surface area (Å²) < 4.78 is 6.28. The molecular formula is C23H29BrN4O3S. The second-order valence-electron chi connectivity index (χ2n) is 6.84. The predicted octanol–water partition coefficient (Wildman–Crippen LogP) is 4.05. The van der Waals surface area contributed by atoms with Gasteiger partial charge >= 0.3 is 0 Å². The topological polar surface area (TPSA) is 82.7 Å². The molecule has 2 aromatic carbocycles. The van der Waals surface area contributed by atoms with Crippen molar-refractivity contribution < 1.29 is 14.3 Å². The number of thiocarbonyl (C=S) groups is 1. The van der Waals surface area contributed by atoms with E-state index in [4.69, 9.17) is 17.0 Å². The second-order valence-corrected chi connectivity index (χ2v) is 8.17. The van der Waals surface area contributed by atoms with Crippen LogP contribution in [0.15, 0.2) is 46.9 Å². The highest BCUT2D eigenvalue weighted by atomic mass is 79.9. The van der Waals surface area contributed by atoms with Crippen LogP contribution in [0.4, 0.5) is 5.69 Å². The van der Waals surface area contributed by atoms with Crippen molar-refractivity contribution in [1.29, 1.82) is 0 Å². The number of hydrogen-bond donors (Lipinski definition) is 3. The molecule has 2 rings (SSSR count). The number of carbonyl (C=O) groups is 2. The molecule has 3 N–H and O–H groups in total. The first-order chi connectivity index (χ1) is 15.4. The third-order valence-electron chi connectivity index (χ3n) is 4.73. The second kappa shape index (κ2) is 13.1. The quantitative estimate of drug-likeness (QED) is 0.410. The predicted molar refractivity (Wildman–Crippen MR) is 136 cm³/mol. The third kappa shape index (κ3) is 7.89. The van der Waals surface area contributed by atoms with E-state index < -0.39 is 0 Å². The summed E-state index contributed by atoms with van der Waals surface area (Å²) in [7, 11) is 0. The fourth-order valence-corrected chi connectivity index (χ4v) is 3.54. The van der Waals surface area contributed by atoms with Gasteiger partial charge in [0, 0.05) is 28.8 Å². The average molecular weight is 521 g/mol. The monoisotopic (exact) mass is 520 g/mol. The molecule has 7 nitrogen and oxygen atoms in total. The lowest BCUT2D eigenvalue weighted by atomic mass is 10.2. The highest BCUT2D eigenvalue weighted by Crippen LogP contribution is 2.23. The van der Waals surface area contributed by atoms with E-state index in [0.717, 1.165) is 24.1 Å². The summed E-state index contributed by atoms with van der Waals surface area (Å²) in [6.45, 7) is 9.81. The number of ether oxygens (including phenoxy) is 1. The molecule has 0 saturated heterocycles. The van der Waals surface area contributed by atoms with E-state index in [9.17, 15) is 9.59 Å². The Morgan fingerprint density at radius 2 is 1.72 bits per heavy atom. The molecule has 0 bridgehead atoms. The summed E-state index contributed by atoms with van der Waals surface area (Å²) in [6.07, 6.45) is 0. The van der Waals surface area contributed by atoms with E-state index in [1.165, 1.54) is 0 Å². The Hall–Kier alpha value is -2.49. The van der Waals surface area contributed by atoms with Crippen LogP contribution in [0.3, 0.4) is 0 Å². The maximum atomic E-state index is 12.6. The van der Waals surface area contributed by atoms with Crippen molar-refractivity contribution in [2.45, 2.75) is 20.8 Å². The normalized spacial score (nSPS) is 10.5. The van der Waals surface area contributed by atoms with Crippen molar-refractivity contribution in [2.75, 3.05) is 38.1 Å². The van der Waals surface area contributed by atoms with Gasteiger partial charge in [0.05, 0.1) is 12.2 Å². The molecule has 2 amide bonds. The fraction of sp³-hybridized carbons (Fsp3) is 0.348. The zero-order valence-electron chi connectivity index (χ0n) is 18.5. The Bertz CT molecular complexity index is 933. The standard InChI is InChI=1S/C23H29BrN4O3S/c1-4-28(5-2)14-13-25-21(29)16-7-10-18(11-8-16)26-23(32)27-22(30)19-15-17(24)9-12-20(19)31-6-3/h7-12,15H,4-6,13-14H2,1-3H3,(H,25,29)(H2,26,27,30,32). The molecule has 0 spiro atoms. The number of halogens is 1. The van der Waals surface area contributed by atoms with Gasteiger partial charge in [0.2, 0.25) is 0 Å². The minimum atomic E-state index is -0.378. The van der Waals surface area contributed by atoms with Crippen LogP contribution in [0.2, 0.25) is 0 Å². The highest BCUT2D eigenvalue weighted by molar-refractivity contribution is 9.10. The van der Waals surface area contributed by atoms with Crippen LogP contribution in [0.5, 0.6) is 5.75 Å². The van der Waals surface area contributed by atoms with Gasteiger partial charge < -0.3 is 20.3 Å². The van der Waals surface area contributed by atoms with Gasteiger partial charge in [0.25, 0.3) is 11.8 Å². The smallest absolute Gasteiger partial charge is 0.261 e. The number of amides is 2. The number of likely N-dealkylation sites (N-methyl/N-ethyl adjacent to an activating group) is 1. The molecule has 32 heavy (non-hydrogen) atoms. The Kier molecular flexibility index (Phi) is 10.6. The van der Waals surface area contributed by atoms with Gasteiger partial charge in [-0.3, -0.25) is 14.9 Å². The lowest BCUT2D eigenvalue weighted by molar-refractivity contribution is 0.0946. The molecule has 0 aliphatic carbocycles. The van der Waals surface area contributed by atoms with Crippen molar-refractivity contribution in [3.8, 4) is 5.75 Å². The van der Waals surface area contributed by atoms with Crippen LogP contribution in [0, 0.1) is 0 Å². The van der Waals surface area contributed by atoms with Crippen LogP contribution in [-0.2, 0) is 0 Å². The Labute approximate surface area is 203 Å². The molecule has 0 heterocycles. The molecule has 9 heteroatoms. The van der Waals surface area contributed by atoms with Crippen molar-refractivity contribution in [1.82, 2.24) is 15.5 Å². The maximum Gasteiger partial charge on any atom is 0.261 e. The lowest BCUT2D eigenvalue weighted by Gasteiger charge is -2.18. The van der Waals surface area contributed by atoms with Crippen LogP contribution < -0.4 is 20.7 Å². The van der Waals surface area contributed by atoms with Gasteiger partial charge in [-0.05, 0) is 74.7 Å². The van der Waals surface area contributed by atoms with Gasteiger partial charge in [-0.1, -0.05) is 29.8 Å². The summed E-state index contributed by atoms with van der Waals surface area (Å²) in [5, 5.41) is 8.68. The number of anilines is 1. The van der Waals surface area contributed by atoms with Crippen LogP contribution >= 0.6 is 28.1 Å². The molecule has 0 aromatic heterocycles. The average Bonchev–Trinajstić information content (AvgIpc) is 2.78. The first-order valence-electron chi connectivity index (χ1n) is 10.5. The first kappa shape index (κ1) is 25.8. The van der Waals surface area contributed by atoms with Gasteiger partial charge in [-0.25, -0.2) is 0 Å². The van der Waals surface area contributed by atoms with E-state index in [0.29, 0.717) is 35.7 Å². The van der Waals surface area contributed by atoms with Gasteiger partial charge in [-0.15, -0.1) is 0 Å². The van der Waals surface area contributed by atoms with Gasteiger partial charge in [-0.2, -0.15) is 0 Å². The van der Waals surface area contributed by atoms with Crippen molar-refractivity contribution in [2.24, 2.45) is 0 Å². The maximum absolute atomic E-state index is 12.6. The summed E-state index contributed by atoms with van der Waals surface area (Å²) in [5.41, 5.74) is 1.59. The number of hydrogen-bond acceptors (Lipinski definition) is 5. The number of rotatable bonds is 10. The number of carbonyl (C=O) groups excluding carboxylic acids is 2. The highest BCUT2D eigenvalue weighted by Gasteiger charge is 2.15. The van der Waals surface area contributed by atoms with Crippen molar-refractivity contribution in [3.63, 3.8) is 0 Å². The van der Waals surface area contributed by atoms with E-state index in [1.807, 2.05) is 6.92 Å². The van der Waals surface area contributed by atoms with E-state index in [1.54, 1.807) is 42.5 Å². The van der Waals surface area contributed by atoms with Crippen LogP contribution in [0.1, 0.15) is 41.5 Å². The molecule has 0 fully saturated rings. The molecule has 0 unspecified atom stereocenters. The number of nitrogens with one attached hydrogen (secondary N) is 3. The molecule has 0 saturated carbocycles. The van der Waals surface area contributed by atoms with Gasteiger partial charge in [0.1, 0.15) is 5.75 Å². The Balaban J connectivity index is 1.91. The molecule has 2 aromatic rings. The zero-order chi connectivity index (χ0) is 23.5. The minimum Gasteiger partial charge on any atom is -0.493 e. The summed E-state index contributed by atoms with van der Waals surface area (Å²) in [6, 6.07) is 12.1. The summed E-state index contributed by atoms with van der Waals surface area (Å²) in [4.78, 5) is 27.2. The Morgan fingerprint density at radius 3 is 2.34 bits per heavy atom. The molecule has 172 valence electrons. The van der Waals surface area contributed by atoms with E-state index >= 15 is 0 Å². The molecule has 0 atom stereocenters. The SMILES string of the molecule is CCOc1ccc(Br)cc1C(=O)NC(=S)Nc1ccc(C(=O)NCCN(CC)CC)cc1. The van der Waals surface area contributed by atoms with Crippen molar-refractivity contribution >= 4 is 50.8 Å². The fourth-order valence-electron chi connectivity index (χ4n) is 2.97. The summed E-state index contributed by atoms with van der Waals surface area (Å²) >= 11 is 8.63. The Morgan fingerprint density at radius 1 is 1.03 bits per heavy atom. The molecule has 0 aliphatic rings. The number of nitrogens with zero attached hydrogens (tertiary/aromatic N) is 1. The molecular weight excluding hydrogens is 492 g/mol. The third-order valence-corrected chi connectivity index (χ3v) is 5.42. The molecule has 0 radical (unpaired) electrons. The summed E-state index contributed by atoms with van der Waals surface area (Å²) in [5.74, 6) is -0.0264.